The summed E-state index contributed by atoms with van der Waals surface area (Å²) < 4.78 is 5.22. The highest BCUT2D eigenvalue weighted by Gasteiger charge is 2.51. The normalized spacial score (nSPS) is 37.5. The number of nitrogens with one attached hydrogen (secondary N) is 1. The second-order valence-electron chi connectivity index (χ2n) is 5.41. The molecule has 2 bridgehead atoms. The van der Waals surface area contributed by atoms with E-state index in [9.17, 15) is 14.7 Å². The number of allylic oxidation sites excluding steroid dienone is 2. The Morgan fingerprint density at radius 1 is 1.16 bits per heavy atom. The van der Waals surface area contributed by atoms with Crippen molar-refractivity contribution >= 4 is 11.9 Å². The Morgan fingerprint density at radius 3 is 2.42 bits per heavy atom. The molecule has 6 nitrogen and oxygen atoms in total. The first-order valence-corrected chi connectivity index (χ1v) is 6.71. The zero-order valence-corrected chi connectivity index (χ0v) is 10.6. The number of fused-ring (bicyclic) bond motifs is 2. The van der Waals surface area contributed by atoms with Crippen LogP contribution in [0.1, 0.15) is 6.42 Å². The van der Waals surface area contributed by atoms with Gasteiger partial charge in [0.15, 0.2) is 0 Å². The fourth-order valence-corrected chi connectivity index (χ4v) is 3.42. The van der Waals surface area contributed by atoms with E-state index in [1.165, 1.54) is 0 Å². The molecule has 4 atom stereocenters. The van der Waals surface area contributed by atoms with Gasteiger partial charge in [-0.1, -0.05) is 12.2 Å². The molecule has 1 aliphatic heterocycles. The minimum absolute atomic E-state index is 0.0166. The second-order valence-corrected chi connectivity index (χ2v) is 5.41. The molecule has 0 aromatic rings. The first kappa shape index (κ1) is 12.6. The average Bonchev–Trinajstić information content (AvgIpc) is 2.99. The van der Waals surface area contributed by atoms with Crippen LogP contribution in [0.3, 0.4) is 0 Å². The quantitative estimate of drug-likeness (QED) is 0.696. The van der Waals surface area contributed by atoms with Gasteiger partial charge in [0.05, 0.1) is 25.0 Å². The SMILES string of the molecule is O=C(O)[C@@H]1C2C=CC(C2)[C@@H]1C(=O)NN1CCOCC1. The summed E-state index contributed by atoms with van der Waals surface area (Å²) in [4.78, 5) is 23.7. The molecule has 1 saturated carbocycles. The standard InChI is InChI=1S/C13H18N2O4/c16-12(14-15-3-5-19-6-4-15)10-8-1-2-9(7-8)11(10)13(17)18/h1-2,8-11H,3-7H2,(H,14,16)(H,17,18)/t8?,9?,10-,11+/m0/s1. The monoisotopic (exact) mass is 266 g/mol. The third-order valence-corrected chi connectivity index (χ3v) is 4.33. The van der Waals surface area contributed by atoms with Crippen LogP contribution >= 0.6 is 0 Å². The third-order valence-electron chi connectivity index (χ3n) is 4.33. The molecule has 0 spiro atoms. The van der Waals surface area contributed by atoms with E-state index in [0.29, 0.717) is 26.3 Å². The number of morpholine rings is 1. The molecule has 3 aliphatic rings. The number of aliphatic carboxylic acids is 1. The minimum Gasteiger partial charge on any atom is -0.481 e. The minimum atomic E-state index is -0.862. The van der Waals surface area contributed by atoms with Crippen molar-refractivity contribution in [2.24, 2.45) is 23.7 Å². The molecular formula is C13H18N2O4. The summed E-state index contributed by atoms with van der Waals surface area (Å²) in [5.74, 6) is -1.94. The highest BCUT2D eigenvalue weighted by Crippen LogP contribution is 2.48. The zero-order chi connectivity index (χ0) is 13.4. The van der Waals surface area contributed by atoms with Crippen LogP contribution < -0.4 is 5.43 Å². The zero-order valence-electron chi connectivity index (χ0n) is 10.6. The summed E-state index contributed by atoms with van der Waals surface area (Å²) in [7, 11) is 0. The largest absolute Gasteiger partial charge is 0.481 e. The Morgan fingerprint density at radius 2 is 1.79 bits per heavy atom. The molecule has 0 radical (unpaired) electrons. The number of carbonyl (C=O) groups is 2. The second kappa shape index (κ2) is 4.94. The predicted octanol–water partition coefficient (Wildman–Crippen LogP) is -0.127. The van der Waals surface area contributed by atoms with Gasteiger partial charge in [-0.05, 0) is 18.3 Å². The maximum atomic E-state index is 12.3. The first-order valence-electron chi connectivity index (χ1n) is 6.71. The van der Waals surface area contributed by atoms with Crippen LogP contribution in [0, 0.1) is 23.7 Å². The van der Waals surface area contributed by atoms with E-state index >= 15 is 0 Å². The van der Waals surface area contributed by atoms with E-state index in [0.717, 1.165) is 6.42 Å². The van der Waals surface area contributed by atoms with Gasteiger partial charge >= 0.3 is 5.97 Å². The van der Waals surface area contributed by atoms with Crippen LogP contribution in [0.15, 0.2) is 12.2 Å². The van der Waals surface area contributed by atoms with E-state index < -0.39 is 17.8 Å². The Balaban J connectivity index is 1.68. The van der Waals surface area contributed by atoms with Crippen LogP contribution in [0.5, 0.6) is 0 Å². The maximum Gasteiger partial charge on any atom is 0.307 e. The van der Waals surface area contributed by atoms with Crippen LogP contribution in [-0.4, -0.2) is 48.3 Å². The summed E-state index contributed by atoms with van der Waals surface area (Å²) in [6.45, 7) is 2.50. The molecule has 3 rings (SSSR count). The van der Waals surface area contributed by atoms with Gasteiger partial charge in [-0.2, -0.15) is 0 Å². The molecule has 2 unspecified atom stereocenters. The highest BCUT2D eigenvalue weighted by atomic mass is 16.5. The van der Waals surface area contributed by atoms with Crippen LogP contribution in [0.2, 0.25) is 0 Å². The van der Waals surface area contributed by atoms with Crippen molar-refractivity contribution in [3.05, 3.63) is 12.2 Å². The number of carbonyl (C=O) groups excluding carboxylic acids is 1. The lowest BCUT2D eigenvalue weighted by Crippen LogP contribution is -2.52. The number of amides is 1. The molecule has 2 N–H and O–H groups in total. The van der Waals surface area contributed by atoms with Crippen molar-refractivity contribution < 1.29 is 19.4 Å². The fraction of sp³-hybridized carbons (Fsp3) is 0.692. The van der Waals surface area contributed by atoms with Crippen LogP contribution in [0.25, 0.3) is 0 Å². The van der Waals surface area contributed by atoms with Gasteiger partial charge in [0.1, 0.15) is 0 Å². The summed E-state index contributed by atoms with van der Waals surface area (Å²) in [6, 6.07) is 0. The third kappa shape index (κ3) is 2.26. The Hall–Kier alpha value is -1.40. The summed E-state index contributed by atoms with van der Waals surface area (Å²) >= 11 is 0. The topological polar surface area (TPSA) is 78.9 Å². The van der Waals surface area contributed by atoms with Gasteiger partial charge in [-0.25, -0.2) is 5.01 Å². The van der Waals surface area contributed by atoms with Gasteiger partial charge in [0, 0.05) is 13.1 Å². The van der Waals surface area contributed by atoms with Gasteiger partial charge in [-0.15, -0.1) is 0 Å². The molecule has 19 heavy (non-hydrogen) atoms. The van der Waals surface area contributed by atoms with E-state index in [4.69, 9.17) is 4.74 Å². The number of nitrogens with zero attached hydrogens (tertiary/aromatic N) is 1. The van der Waals surface area contributed by atoms with Crippen molar-refractivity contribution in [3.63, 3.8) is 0 Å². The summed E-state index contributed by atoms with van der Waals surface area (Å²) in [6.07, 6.45) is 4.73. The van der Waals surface area contributed by atoms with Gasteiger partial charge in [0.25, 0.3) is 0 Å². The number of carboxylic acid groups (broad SMARTS) is 1. The molecule has 1 heterocycles. The predicted molar refractivity (Wildman–Crippen MR) is 65.9 cm³/mol. The molecule has 1 amide bonds. The number of rotatable bonds is 3. The van der Waals surface area contributed by atoms with E-state index in [1.54, 1.807) is 0 Å². The molecule has 1 saturated heterocycles. The number of hydrazine groups is 1. The number of carboxylic acids is 1. The van der Waals surface area contributed by atoms with E-state index in [-0.39, 0.29) is 17.7 Å². The molecular weight excluding hydrogens is 248 g/mol. The first-order chi connectivity index (χ1) is 9.16. The van der Waals surface area contributed by atoms with Gasteiger partial charge in [0.2, 0.25) is 5.91 Å². The molecule has 2 aliphatic carbocycles. The number of hydrogen-bond acceptors (Lipinski definition) is 4. The Bertz CT molecular complexity index is 417. The summed E-state index contributed by atoms with van der Waals surface area (Å²) in [5.41, 5.74) is 2.85. The smallest absolute Gasteiger partial charge is 0.307 e. The lowest BCUT2D eigenvalue weighted by Gasteiger charge is -2.30. The lowest BCUT2D eigenvalue weighted by molar-refractivity contribution is -0.149. The average molecular weight is 266 g/mol. The number of ether oxygens (including phenoxy) is 1. The molecule has 0 aromatic carbocycles. The van der Waals surface area contributed by atoms with Crippen LogP contribution in [0.4, 0.5) is 0 Å². The Labute approximate surface area is 111 Å². The van der Waals surface area contributed by atoms with Gasteiger partial charge in [-0.3, -0.25) is 15.0 Å². The molecule has 2 fully saturated rings. The Kier molecular flexibility index (Phi) is 3.28. The van der Waals surface area contributed by atoms with Gasteiger partial charge < -0.3 is 9.84 Å². The van der Waals surface area contributed by atoms with E-state index in [1.807, 2.05) is 17.2 Å². The van der Waals surface area contributed by atoms with Crippen molar-refractivity contribution in [1.82, 2.24) is 10.4 Å². The molecule has 0 aromatic heterocycles. The molecule has 104 valence electrons. The fourth-order valence-electron chi connectivity index (χ4n) is 3.42. The summed E-state index contributed by atoms with van der Waals surface area (Å²) in [5, 5.41) is 11.1. The lowest BCUT2D eigenvalue weighted by atomic mass is 9.82. The van der Waals surface area contributed by atoms with Crippen molar-refractivity contribution in [2.45, 2.75) is 6.42 Å². The highest BCUT2D eigenvalue weighted by molar-refractivity contribution is 5.86. The maximum absolute atomic E-state index is 12.3. The van der Waals surface area contributed by atoms with Crippen molar-refractivity contribution in [2.75, 3.05) is 26.3 Å². The van der Waals surface area contributed by atoms with Crippen molar-refractivity contribution in [3.8, 4) is 0 Å². The van der Waals surface area contributed by atoms with Crippen LogP contribution in [-0.2, 0) is 14.3 Å². The molecule has 6 heteroatoms. The van der Waals surface area contributed by atoms with Crippen molar-refractivity contribution in [1.29, 1.82) is 0 Å². The van der Waals surface area contributed by atoms with E-state index in [2.05, 4.69) is 5.43 Å². The number of hydrogen-bond donors (Lipinski definition) is 2.